The van der Waals surface area contributed by atoms with Gasteiger partial charge in [-0.15, -0.1) is 0 Å². The fraction of sp³-hybridized carbons (Fsp3) is 0.182. The molecule has 0 radical (unpaired) electrons. The van der Waals surface area contributed by atoms with Crippen molar-refractivity contribution in [2.45, 2.75) is 18.9 Å². The number of carboxylic acids is 1. The van der Waals surface area contributed by atoms with E-state index in [0.717, 1.165) is 16.3 Å². The number of amides is 1. The van der Waals surface area contributed by atoms with E-state index >= 15 is 0 Å². The average Bonchev–Trinajstić information content (AvgIpc) is 2.68. The lowest BCUT2D eigenvalue weighted by atomic mass is 10.0. The van der Waals surface area contributed by atoms with Crippen LogP contribution in [0.15, 0.2) is 72.8 Å². The highest BCUT2D eigenvalue weighted by molar-refractivity contribution is 7.80. The van der Waals surface area contributed by atoms with E-state index in [1.54, 1.807) is 6.07 Å². The smallest absolute Gasteiger partial charge is 0.326 e. The summed E-state index contributed by atoms with van der Waals surface area (Å²) >= 11 is 4.20. The third-order valence-corrected chi connectivity index (χ3v) is 4.75. The lowest BCUT2D eigenvalue weighted by Gasteiger charge is -2.30. The monoisotopic (exact) mass is 379 g/mol. The van der Waals surface area contributed by atoms with Crippen molar-refractivity contribution >= 4 is 41.0 Å². The van der Waals surface area contributed by atoms with E-state index in [1.165, 1.54) is 4.90 Å². The van der Waals surface area contributed by atoms with Crippen molar-refractivity contribution in [2.75, 3.05) is 10.7 Å². The number of nitrogens with zero attached hydrogens (tertiary/aromatic N) is 1. The molecular formula is C22H21NO3S. The number of thiol groups is 1. The SMILES string of the molecule is O=C(O)[C@H](CCS)N(C(=O)Cc1ccccc1)c1cccc2ccccc12. The van der Waals surface area contributed by atoms with Gasteiger partial charge in [0.1, 0.15) is 6.04 Å². The largest absolute Gasteiger partial charge is 0.480 e. The van der Waals surface area contributed by atoms with Crippen molar-refractivity contribution in [3.05, 3.63) is 78.4 Å². The Morgan fingerprint density at radius 1 is 0.926 bits per heavy atom. The molecule has 0 heterocycles. The number of hydrogen-bond acceptors (Lipinski definition) is 3. The Labute approximate surface area is 163 Å². The van der Waals surface area contributed by atoms with Gasteiger partial charge in [-0.3, -0.25) is 9.69 Å². The second-order valence-corrected chi connectivity index (χ2v) is 6.74. The number of rotatable bonds is 7. The van der Waals surface area contributed by atoms with E-state index in [1.807, 2.05) is 66.7 Å². The summed E-state index contributed by atoms with van der Waals surface area (Å²) in [5, 5.41) is 11.6. The van der Waals surface area contributed by atoms with Gasteiger partial charge in [0.2, 0.25) is 5.91 Å². The number of anilines is 1. The number of fused-ring (bicyclic) bond motifs is 1. The zero-order valence-corrected chi connectivity index (χ0v) is 15.7. The van der Waals surface area contributed by atoms with Crippen LogP contribution in [0.25, 0.3) is 10.8 Å². The van der Waals surface area contributed by atoms with Gasteiger partial charge in [0.15, 0.2) is 0 Å². The van der Waals surface area contributed by atoms with Crippen molar-refractivity contribution in [2.24, 2.45) is 0 Å². The Balaban J connectivity index is 2.08. The zero-order valence-electron chi connectivity index (χ0n) is 14.8. The van der Waals surface area contributed by atoms with E-state index in [2.05, 4.69) is 12.6 Å². The number of hydrogen-bond donors (Lipinski definition) is 2. The molecule has 27 heavy (non-hydrogen) atoms. The fourth-order valence-corrected chi connectivity index (χ4v) is 3.48. The van der Waals surface area contributed by atoms with Gasteiger partial charge in [0.25, 0.3) is 0 Å². The van der Waals surface area contributed by atoms with Gasteiger partial charge in [0.05, 0.1) is 12.1 Å². The molecule has 3 aromatic rings. The van der Waals surface area contributed by atoms with Gasteiger partial charge in [-0.2, -0.15) is 12.6 Å². The zero-order chi connectivity index (χ0) is 19.2. The molecule has 138 valence electrons. The molecule has 1 amide bonds. The maximum absolute atomic E-state index is 13.2. The highest BCUT2D eigenvalue weighted by atomic mass is 32.1. The first kappa shape index (κ1) is 19.0. The molecule has 0 aromatic heterocycles. The molecule has 1 atom stereocenters. The maximum Gasteiger partial charge on any atom is 0.326 e. The highest BCUT2D eigenvalue weighted by Gasteiger charge is 2.31. The Morgan fingerprint density at radius 2 is 1.59 bits per heavy atom. The summed E-state index contributed by atoms with van der Waals surface area (Å²) in [7, 11) is 0. The minimum Gasteiger partial charge on any atom is -0.480 e. The van der Waals surface area contributed by atoms with Crippen molar-refractivity contribution in [3.63, 3.8) is 0 Å². The third-order valence-electron chi connectivity index (χ3n) is 4.49. The predicted molar refractivity (Wildman–Crippen MR) is 111 cm³/mol. The quantitative estimate of drug-likeness (QED) is 0.605. The number of carbonyl (C=O) groups excluding carboxylic acids is 1. The summed E-state index contributed by atoms with van der Waals surface area (Å²) in [5.74, 6) is -0.901. The molecule has 0 unspecified atom stereocenters. The third kappa shape index (κ3) is 4.31. The Kier molecular flexibility index (Phi) is 6.14. The van der Waals surface area contributed by atoms with E-state index in [4.69, 9.17) is 0 Å². The molecule has 3 aromatic carbocycles. The molecule has 0 aliphatic carbocycles. The minimum absolute atomic E-state index is 0.139. The van der Waals surface area contributed by atoms with Crippen LogP contribution in [0.2, 0.25) is 0 Å². The van der Waals surface area contributed by atoms with Gasteiger partial charge >= 0.3 is 5.97 Å². The second kappa shape index (κ2) is 8.73. The topological polar surface area (TPSA) is 57.6 Å². The van der Waals surface area contributed by atoms with E-state index in [-0.39, 0.29) is 18.7 Å². The van der Waals surface area contributed by atoms with Gasteiger partial charge in [-0.25, -0.2) is 4.79 Å². The Morgan fingerprint density at radius 3 is 2.30 bits per heavy atom. The Bertz CT molecular complexity index is 937. The van der Waals surface area contributed by atoms with Crippen LogP contribution in [0.3, 0.4) is 0 Å². The van der Waals surface area contributed by atoms with Crippen LogP contribution in [-0.4, -0.2) is 28.8 Å². The minimum atomic E-state index is -1.03. The summed E-state index contributed by atoms with van der Waals surface area (Å²) in [5.41, 5.74) is 1.46. The molecule has 5 heteroatoms. The van der Waals surface area contributed by atoms with Gasteiger partial charge in [0, 0.05) is 5.39 Å². The number of aliphatic carboxylic acids is 1. The lowest BCUT2D eigenvalue weighted by molar-refractivity contribution is -0.140. The van der Waals surface area contributed by atoms with E-state index in [0.29, 0.717) is 11.4 Å². The first-order valence-corrected chi connectivity index (χ1v) is 9.42. The van der Waals surface area contributed by atoms with Gasteiger partial charge in [-0.05, 0) is 29.2 Å². The van der Waals surface area contributed by atoms with Crippen LogP contribution in [0, 0.1) is 0 Å². The van der Waals surface area contributed by atoms with Gasteiger partial charge < -0.3 is 5.11 Å². The number of carbonyl (C=O) groups is 2. The fourth-order valence-electron chi connectivity index (χ4n) is 3.24. The van der Waals surface area contributed by atoms with Gasteiger partial charge in [-0.1, -0.05) is 66.7 Å². The van der Waals surface area contributed by atoms with Crippen LogP contribution >= 0.6 is 12.6 Å². The summed E-state index contributed by atoms with van der Waals surface area (Å²) in [6.07, 6.45) is 0.405. The van der Waals surface area contributed by atoms with Crippen molar-refractivity contribution in [3.8, 4) is 0 Å². The maximum atomic E-state index is 13.2. The molecule has 4 nitrogen and oxygen atoms in total. The summed E-state index contributed by atoms with van der Waals surface area (Å²) < 4.78 is 0. The summed E-state index contributed by atoms with van der Waals surface area (Å²) in [6, 6.07) is 21.7. The van der Waals surface area contributed by atoms with E-state index in [9.17, 15) is 14.7 Å². The average molecular weight is 379 g/mol. The molecule has 0 aliphatic heterocycles. The molecule has 0 spiro atoms. The summed E-state index contributed by atoms with van der Waals surface area (Å²) in [6.45, 7) is 0. The molecule has 0 saturated heterocycles. The van der Waals surface area contributed by atoms with Crippen LogP contribution < -0.4 is 4.90 Å². The molecule has 0 aliphatic rings. The molecule has 1 N–H and O–H groups in total. The van der Waals surface area contributed by atoms with Crippen molar-refractivity contribution in [1.82, 2.24) is 0 Å². The predicted octanol–water partition coefficient (Wildman–Crippen LogP) is 4.19. The standard InChI is InChI=1S/C22H21NO3S/c24-21(15-16-7-2-1-3-8-16)23(20(13-14-27)22(25)26)19-12-6-10-17-9-4-5-11-18(17)19/h1-12,20,27H,13-15H2,(H,25,26)/t20-/m0/s1. The molecular weight excluding hydrogens is 358 g/mol. The first-order valence-electron chi connectivity index (χ1n) is 8.79. The molecule has 0 fully saturated rings. The van der Waals surface area contributed by atoms with Crippen LogP contribution in [-0.2, 0) is 16.0 Å². The van der Waals surface area contributed by atoms with Crippen LogP contribution in [0.1, 0.15) is 12.0 Å². The summed E-state index contributed by atoms with van der Waals surface area (Å²) in [4.78, 5) is 26.6. The van der Waals surface area contributed by atoms with Crippen molar-refractivity contribution in [1.29, 1.82) is 0 Å². The lowest BCUT2D eigenvalue weighted by Crippen LogP contribution is -2.46. The normalized spacial score (nSPS) is 11.9. The molecule has 3 rings (SSSR count). The highest BCUT2D eigenvalue weighted by Crippen LogP contribution is 2.30. The number of carboxylic acid groups (broad SMARTS) is 1. The van der Waals surface area contributed by atoms with Crippen molar-refractivity contribution < 1.29 is 14.7 Å². The van der Waals surface area contributed by atoms with E-state index < -0.39 is 12.0 Å². The molecule has 0 bridgehead atoms. The molecule has 0 saturated carbocycles. The first-order chi connectivity index (χ1) is 13.1. The Hall–Kier alpha value is -2.79. The second-order valence-electron chi connectivity index (χ2n) is 6.29. The number of benzene rings is 3. The van der Waals surface area contributed by atoms with Crippen LogP contribution in [0.4, 0.5) is 5.69 Å². The van der Waals surface area contributed by atoms with Crippen LogP contribution in [0.5, 0.6) is 0 Å².